The molecular weight excluding hydrogens is 416 g/mol. The molecule has 7 nitrogen and oxygen atoms in total. The summed E-state index contributed by atoms with van der Waals surface area (Å²) in [6, 6.07) is 14.9. The Bertz CT molecular complexity index is 982. The maximum Gasteiger partial charge on any atom is 0.338 e. The van der Waals surface area contributed by atoms with Crippen molar-refractivity contribution in [3.05, 3.63) is 65.7 Å². The molecule has 1 amide bonds. The highest BCUT2D eigenvalue weighted by Crippen LogP contribution is 2.21. The quantitative estimate of drug-likeness (QED) is 0.662. The lowest BCUT2D eigenvalue weighted by molar-refractivity contribution is -0.124. The largest absolute Gasteiger partial charge is 0.452 e. The zero-order chi connectivity index (χ0) is 22.3. The Labute approximate surface area is 183 Å². The van der Waals surface area contributed by atoms with Gasteiger partial charge in [-0.3, -0.25) is 4.79 Å². The molecule has 1 aliphatic rings. The summed E-state index contributed by atoms with van der Waals surface area (Å²) in [7, 11) is -3.58. The lowest BCUT2D eigenvalue weighted by atomic mass is 10.1. The highest BCUT2D eigenvalue weighted by Gasteiger charge is 2.25. The summed E-state index contributed by atoms with van der Waals surface area (Å²) in [4.78, 5) is 24.5. The number of carbonyl (C=O) groups excluding carboxylic acids is 2. The van der Waals surface area contributed by atoms with Crippen molar-refractivity contribution in [2.24, 2.45) is 0 Å². The lowest BCUT2D eigenvalue weighted by Crippen LogP contribution is -2.32. The van der Waals surface area contributed by atoms with Crippen LogP contribution in [0.15, 0.2) is 59.5 Å². The standard InChI is InChI=1S/C23H28N2O5S/c1-18(19-9-5-4-6-10-19)24-22(26)17-30-23(27)20-11-13-21(14-12-20)31(28,29)25-15-7-2-3-8-16-25/h4-6,9-14,18H,2-3,7-8,15-17H2,1H3,(H,24,26)/t18-/m1/s1. The smallest absolute Gasteiger partial charge is 0.338 e. The van der Waals surface area contributed by atoms with Gasteiger partial charge in [0.2, 0.25) is 10.0 Å². The van der Waals surface area contributed by atoms with Crippen molar-refractivity contribution >= 4 is 21.9 Å². The Morgan fingerprint density at radius 3 is 2.19 bits per heavy atom. The molecule has 2 aromatic rings. The van der Waals surface area contributed by atoms with Gasteiger partial charge in [-0.05, 0) is 49.6 Å². The molecule has 0 radical (unpaired) electrons. The maximum atomic E-state index is 12.8. The molecule has 2 aromatic carbocycles. The van der Waals surface area contributed by atoms with E-state index in [1.165, 1.54) is 28.6 Å². The average molecular weight is 445 g/mol. The number of nitrogens with zero attached hydrogens (tertiary/aromatic N) is 1. The van der Waals surface area contributed by atoms with Gasteiger partial charge in [-0.25, -0.2) is 13.2 Å². The fourth-order valence-corrected chi connectivity index (χ4v) is 5.03. The van der Waals surface area contributed by atoms with E-state index in [1.807, 2.05) is 37.3 Å². The van der Waals surface area contributed by atoms with E-state index in [-0.39, 0.29) is 16.5 Å². The molecule has 1 saturated heterocycles. The third-order valence-electron chi connectivity index (χ3n) is 5.30. The molecular formula is C23H28N2O5S. The molecule has 31 heavy (non-hydrogen) atoms. The molecule has 1 N–H and O–H groups in total. The summed E-state index contributed by atoms with van der Waals surface area (Å²) in [5.74, 6) is -1.09. The van der Waals surface area contributed by atoms with Crippen molar-refractivity contribution in [1.29, 1.82) is 0 Å². The molecule has 1 fully saturated rings. The molecule has 0 aliphatic carbocycles. The highest BCUT2D eigenvalue weighted by atomic mass is 32.2. The van der Waals surface area contributed by atoms with Crippen molar-refractivity contribution in [2.75, 3.05) is 19.7 Å². The maximum absolute atomic E-state index is 12.8. The first-order valence-electron chi connectivity index (χ1n) is 10.5. The van der Waals surface area contributed by atoms with Gasteiger partial charge in [0.05, 0.1) is 16.5 Å². The molecule has 1 aliphatic heterocycles. The molecule has 0 spiro atoms. The minimum Gasteiger partial charge on any atom is -0.452 e. The Kier molecular flexibility index (Phi) is 7.81. The van der Waals surface area contributed by atoms with Gasteiger partial charge >= 0.3 is 5.97 Å². The van der Waals surface area contributed by atoms with Gasteiger partial charge in [0.1, 0.15) is 0 Å². The van der Waals surface area contributed by atoms with E-state index in [1.54, 1.807) is 0 Å². The number of hydrogen-bond donors (Lipinski definition) is 1. The second-order valence-corrected chi connectivity index (χ2v) is 9.56. The Morgan fingerprint density at radius 1 is 0.968 bits per heavy atom. The van der Waals surface area contributed by atoms with Crippen molar-refractivity contribution < 1.29 is 22.7 Å². The second-order valence-electron chi connectivity index (χ2n) is 7.62. The minimum atomic E-state index is -3.58. The van der Waals surface area contributed by atoms with E-state index in [0.717, 1.165) is 31.2 Å². The zero-order valence-electron chi connectivity index (χ0n) is 17.6. The van der Waals surface area contributed by atoms with Crippen LogP contribution in [0.1, 0.15) is 54.6 Å². The van der Waals surface area contributed by atoms with Crippen LogP contribution in [0.2, 0.25) is 0 Å². The van der Waals surface area contributed by atoms with E-state index >= 15 is 0 Å². The number of benzene rings is 2. The highest BCUT2D eigenvalue weighted by molar-refractivity contribution is 7.89. The number of sulfonamides is 1. The van der Waals surface area contributed by atoms with Crippen LogP contribution in [0.4, 0.5) is 0 Å². The summed E-state index contributed by atoms with van der Waals surface area (Å²) >= 11 is 0. The molecule has 8 heteroatoms. The molecule has 0 unspecified atom stereocenters. The van der Waals surface area contributed by atoms with Crippen LogP contribution < -0.4 is 5.32 Å². The van der Waals surface area contributed by atoms with Gasteiger partial charge in [-0.1, -0.05) is 43.2 Å². The number of carbonyl (C=O) groups is 2. The molecule has 0 saturated carbocycles. The number of ether oxygens (including phenoxy) is 1. The molecule has 1 heterocycles. The molecule has 0 bridgehead atoms. The predicted octanol–water partition coefficient (Wildman–Crippen LogP) is 3.29. The van der Waals surface area contributed by atoms with Gasteiger partial charge in [-0.15, -0.1) is 0 Å². The van der Waals surface area contributed by atoms with E-state index in [4.69, 9.17) is 4.74 Å². The van der Waals surface area contributed by atoms with Gasteiger partial charge in [0.15, 0.2) is 6.61 Å². The number of nitrogens with one attached hydrogen (secondary N) is 1. The zero-order valence-corrected chi connectivity index (χ0v) is 18.4. The number of hydrogen-bond acceptors (Lipinski definition) is 5. The SMILES string of the molecule is C[C@@H](NC(=O)COC(=O)c1ccc(S(=O)(=O)N2CCCCCC2)cc1)c1ccccc1. The third kappa shape index (κ3) is 6.15. The lowest BCUT2D eigenvalue weighted by Gasteiger charge is -2.20. The summed E-state index contributed by atoms with van der Waals surface area (Å²) < 4.78 is 32.2. The van der Waals surface area contributed by atoms with Gasteiger partial charge in [0, 0.05) is 13.1 Å². The van der Waals surface area contributed by atoms with Crippen LogP contribution in [0.25, 0.3) is 0 Å². The molecule has 3 rings (SSSR count). The Morgan fingerprint density at radius 2 is 1.58 bits per heavy atom. The summed E-state index contributed by atoms with van der Waals surface area (Å²) in [6.07, 6.45) is 3.78. The molecule has 166 valence electrons. The molecule has 1 atom stereocenters. The summed E-state index contributed by atoms with van der Waals surface area (Å²) in [5, 5.41) is 2.77. The number of amides is 1. The van der Waals surface area contributed by atoms with Crippen LogP contribution in [0.3, 0.4) is 0 Å². The second kappa shape index (κ2) is 10.5. The first kappa shape index (κ1) is 23.0. The van der Waals surface area contributed by atoms with Crippen LogP contribution in [0, 0.1) is 0 Å². The topological polar surface area (TPSA) is 92.8 Å². The van der Waals surface area contributed by atoms with Crippen molar-refractivity contribution in [3.63, 3.8) is 0 Å². The monoisotopic (exact) mass is 444 g/mol. The van der Waals surface area contributed by atoms with Crippen LogP contribution in [0.5, 0.6) is 0 Å². The van der Waals surface area contributed by atoms with Gasteiger partial charge in [-0.2, -0.15) is 4.31 Å². The molecule has 0 aromatic heterocycles. The van der Waals surface area contributed by atoms with Crippen LogP contribution in [-0.4, -0.2) is 44.3 Å². The van der Waals surface area contributed by atoms with E-state index < -0.39 is 28.5 Å². The van der Waals surface area contributed by atoms with Crippen LogP contribution >= 0.6 is 0 Å². The number of esters is 1. The fraction of sp³-hybridized carbons (Fsp3) is 0.391. The first-order chi connectivity index (χ1) is 14.9. The average Bonchev–Trinajstić information content (AvgIpc) is 3.08. The third-order valence-corrected chi connectivity index (χ3v) is 7.22. The van der Waals surface area contributed by atoms with Gasteiger partial charge < -0.3 is 10.1 Å². The van der Waals surface area contributed by atoms with Crippen molar-refractivity contribution in [3.8, 4) is 0 Å². The van der Waals surface area contributed by atoms with E-state index in [0.29, 0.717) is 13.1 Å². The van der Waals surface area contributed by atoms with Crippen molar-refractivity contribution in [2.45, 2.75) is 43.5 Å². The summed E-state index contributed by atoms with van der Waals surface area (Å²) in [6.45, 7) is 2.47. The summed E-state index contributed by atoms with van der Waals surface area (Å²) in [5.41, 5.74) is 1.14. The van der Waals surface area contributed by atoms with E-state index in [9.17, 15) is 18.0 Å². The minimum absolute atomic E-state index is 0.153. The Hall–Kier alpha value is -2.71. The van der Waals surface area contributed by atoms with Crippen LogP contribution in [-0.2, 0) is 19.6 Å². The fourth-order valence-electron chi connectivity index (χ4n) is 3.52. The van der Waals surface area contributed by atoms with E-state index in [2.05, 4.69) is 5.32 Å². The first-order valence-corrected chi connectivity index (χ1v) is 11.9. The van der Waals surface area contributed by atoms with Gasteiger partial charge in [0.25, 0.3) is 5.91 Å². The van der Waals surface area contributed by atoms with Crippen molar-refractivity contribution in [1.82, 2.24) is 9.62 Å². The number of rotatable bonds is 7. The Balaban J connectivity index is 1.54. The predicted molar refractivity (Wildman–Crippen MR) is 117 cm³/mol. The normalized spacial score (nSPS) is 16.2.